The molecule has 1 atom stereocenters. The van der Waals surface area contributed by atoms with Gasteiger partial charge < -0.3 is 5.32 Å². The summed E-state index contributed by atoms with van der Waals surface area (Å²) in [5.74, 6) is -0.159. The first-order valence-electron chi connectivity index (χ1n) is 9.93. The molecule has 1 unspecified atom stereocenters. The van der Waals surface area contributed by atoms with Crippen molar-refractivity contribution in [2.75, 3.05) is 6.54 Å². The molecule has 8 heteroatoms. The van der Waals surface area contributed by atoms with Gasteiger partial charge in [-0.1, -0.05) is 59.6 Å². The Morgan fingerprint density at radius 2 is 1.72 bits per heavy atom. The Kier molecular flexibility index (Phi) is 5.94. The van der Waals surface area contributed by atoms with E-state index in [0.29, 0.717) is 17.8 Å². The second kappa shape index (κ2) is 8.41. The van der Waals surface area contributed by atoms with Crippen LogP contribution in [0, 0.1) is 0 Å². The molecular weight excluding hydrogens is 460 g/mol. The first-order valence-corrected chi connectivity index (χ1v) is 10.7. The molecule has 0 fully saturated rings. The second-order valence-electron chi connectivity index (χ2n) is 7.91. The zero-order valence-electron chi connectivity index (χ0n) is 17.1. The van der Waals surface area contributed by atoms with Gasteiger partial charge in [0.25, 0.3) is 0 Å². The fourth-order valence-electron chi connectivity index (χ4n) is 4.17. The summed E-state index contributed by atoms with van der Waals surface area (Å²) in [5.41, 5.74) is -0.297. The maximum atomic E-state index is 14.4. The summed E-state index contributed by atoms with van der Waals surface area (Å²) < 4.78 is 43.2. The fraction of sp³-hybridized carbons (Fsp3) is 0.250. The molecule has 0 spiro atoms. The number of hydrogen-bond acceptors (Lipinski definition) is 2. The molecule has 166 valence electrons. The third kappa shape index (κ3) is 4.09. The van der Waals surface area contributed by atoms with Crippen LogP contribution in [0.5, 0.6) is 0 Å². The van der Waals surface area contributed by atoms with Gasteiger partial charge in [0.05, 0.1) is 6.54 Å². The van der Waals surface area contributed by atoms with E-state index in [1.165, 1.54) is 25.1 Å². The number of nitrogens with zero attached hydrogens (tertiary/aromatic N) is 1. The minimum absolute atomic E-state index is 0.00725. The van der Waals surface area contributed by atoms with Gasteiger partial charge in [-0.05, 0) is 40.1 Å². The number of nitrogens with one attached hydrogen (secondary N) is 1. The van der Waals surface area contributed by atoms with E-state index >= 15 is 0 Å². The van der Waals surface area contributed by atoms with Gasteiger partial charge in [0.1, 0.15) is 5.41 Å². The molecule has 0 saturated heterocycles. The molecule has 1 aliphatic heterocycles. The van der Waals surface area contributed by atoms with Gasteiger partial charge in [0.2, 0.25) is 5.91 Å². The number of fused-ring (bicyclic) bond motifs is 1. The Hall–Kier alpha value is -2.57. The lowest BCUT2D eigenvalue weighted by Gasteiger charge is -2.32. The van der Waals surface area contributed by atoms with Crippen LogP contribution < -0.4 is 5.32 Å². The van der Waals surface area contributed by atoms with Crippen molar-refractivity contribution in [2.45, 2.75) is 31.5 Å². The standard InChI is InChI=1S/C24H19Cl2F3N2O/c1-14(32)30-12-15-6-7-21(20-5-3-2-4-19(15)20)22-11-23(13-31-22,24(27,28)29)16-8-17(25)10-18(26)9-16/h2-10H,11-13H2,1H3,(H,30,32). The van der Waals surface area contributed by atoms with Crippen molar-refractivity contribution >= 4 is 45.6 Å². The molecule has 0 saturated carbocycles. The van der Waals surface area contributed by atoms with Crippen LogP contribution in [-0.2, 0) is 16.8 Å². The van der Waals surface area contributed by atoms with E-state index < -0.39 is 18.1 Å². The third-order valence-corrected chi connectivity index (χ3v) is 6.26. The lowest BCUT2D eigenvalue weighted by atomic mass is 9.76. The van der Waals surface area contributed by atoms with Crippen molar-refractivity contribution in [3.05, 3.63) is 81.3 Å². The summed E-state index contributed by atoms with van der Waals surface area (Å²) in [6.07, 6.45) is -4.87. The molecule has 32 heavy (non-hydrogen) atoms. The van der Waals surface area contributed by atoms with Crippen molar-refractivity contribution in [2.24, 2.45) is 4.99 Å². The fourth-order valence-corrected chi connectivity index (χ4v) is 4.70. The van der Waals surface area contributed by atoms with E-state index in [0.717, 1.165) is 16.3 Å². The van der Waals surface area contributed by atoms with Crippen LogP contribution in [0.3, 0.4) is 0 Å². The van der Waals surface area contributed by atoms with Crippen LogP contribution in [0.25, 0.3) is 10.8 Å². The van der Waals surface area contributed by atoms with Crippen molar-refractivity contribution in [3.8, 4) is 0 Å². The van der Waals surface area contributed by atoms with Gasteiger partial charge in [-0.25, -0.2) is 0 Å². The lowest BCUT2D eigenvalue weighted by Crippen LogP contribution is -2.43. The quantitative estimate of drug-likeness (QED) is 0.458. The van der Waals surface area contributed by atoms with Gasteiger partial charge in [0, 0.05) is 41.2 Å². The minimum atomic E-state index is -4.55. The predicted molar refractivity (Wildman–Crippen MR) is 122 cm³/mol. The monoisotopic (exact) mass is 478 g/mol. The van der Waals surface area contributed by atoms with E-state index in [2.05, 4.69) is 10.3 Å². The van der Waals surface area contributed by atoms with Crippen LogP contribution >= 0.6 is 23.2 Å². The molecule has 1 aliphatic rings. The number of amides is 1. The van der Waals surface area contributed by atoms with Crippen molar-refractivity contribution in [1.29, 1.82) is 0 Å². The van der Waals surface area contributed by atoms with Crippen molar-refractivity contribution < 1.29 is 18.0 Å². The summed E-state index contributed by atoms with van der Waals surface area (Å²) >= 11 is 12.0. The summed E-state index contributed by atoms with van der Waals surface area (Å²) in [7, 11) is 0. The predicted octanol–water partition coefficient (Wildman–Crippen LogP) is 6.48. The highest BCUT2D eigenvalue weighted by atomic mass is 35.5. The van der Waals surface area contributed by atoms with E-state index in [1.807, 2.05) is 30.3 Å². The summed E-state index contributed by atoms with van der Waals surface area (Å²) in [5, 5.41) is 4.71. The van der Waals surface area contributed by atoms with Gasteiger partial charge in [-0.3, -0.25) is 9.79 Å². The molecule has 1 N–H and O–H groups in total. The molecule has 0 bridgehead atoms. The lowest BCUT2D eigenvalue weighted by molar-refractivity contribution is -0.183. The number of alkyl halides is 3. The number of carbonyl (C=O) groups excluding carboxylic acids is 1. The van der Waals surface area contributed by atoms with Crippen LogP contribution in [-0.4, -0.2) is 24.3 Å². The number of rotatable bonds is 4. The first-order chi connectivity index (χ1) is 15.1. The third-order valence-electron chi connectivity index (χ3n) is 5.82. The number of halogens is 5. The zero-order chi connectivity index (χ0) is 23.1. The number of aliphatic imine (C=N–C) groups is 1. The Labute approximate surface area is 193 Å². The normalized spacial score (nSPS) is 18.6. The summed E-state index contributed by atoms with van der Waals surface area (Å²) in [4.78, 5) is 15.7. The Morgan fingerprint density at radius 3 is 2.34 bits per heavy atom. The van der Waals surface area contributed by atoms with Crippen LogP contribution in [0.1, 0.15) is 30.0 Å². The molecule has 4 rings (SSSR count). The SMILES string of the molecule is CC(=O)NCc1ccc(C2=NCC(c3cc(Cl)cc(Cl)c3)(C(F)(F)F)C2)c2ccccc12. The highest BCUT2D eigenvalue weighted by Crippen LogP contribution is 2.49. The average molecular weight is 479 g/mol. The van der Waals surface area contributed by atoms with E-state index in [4.69, 9.17) is 23.2 Å². The number of benzene rings is 3. The van der Waals surface area contributed by atoms with Crippen molar-refractivity contribution in [3.63, 3.8) is 0 Å². The Balaban J connectivity index is 1.77. The summed E-state index contributed by atoms with van der Waals surface area (Å²) in [6, 6.07) is 15.1. The Bertz CT molecular complexity index is 1220. The van der Waals surface area contributed by atoms with E-state index in [1.54, 1.807) is 6.07 Å². The van der Waals surface area contributed by atoms with Crippen molar-refractivity contribution in [1.82, 2.24) is 5.32 Å². The topological polar surface area (TPSA) is 41.5 Å². The molecule has 1 heterocycles. The van der Waals surface area contributed by atoms with Crippen LogP contribution in [0.15, 0.2) is 59.6 Å². The maximum Gasteiger partial charge on any atom is 0.400 e. The smallest absolute Gasteiger partial charge is 0.352 e. The average Bonchev–Trinajstić information content (AvgIpc) is 3.18. The highest BCUT2D eigenvalue weighted by Gasteiger charge is 2.58. The second-order valence-corrected chi connectivity index (χ2v) is 8.78. The minimum Gasteiger partial charge on any atom is -0.352 e. The van der Waals surface area contributed by atoms with Gasteiger partial charge >= 0.3 is 6.18 Å². The molecule has 1 amide bonds. The Morgan fingerprint density at radius 1 is 1.06 bits per heavy atom. The maximum absolute atomic E-state index is 14.4. The largest absolute Gasteiger partial charge is 0.400 e. The molecule has 3 aromatic rings. The summed E-state index contributed by atoms with van der Waals surface area (Å²) in [6.45, 7) is 1.32. The molecule has 0 radical (unpaired) electrons. The molecule has 0 aliphatic carbocycles. The van der Waals surface area contributed by atoms with Gasteiger partial charge in [-0.15, -0.1) is 0 Å². The highest BCUT2D eigenvalue weighted by molar-refractivity contribution is 6.34. The first kappa shape index (κ1) is 22.6. The molecule has 0 aromatic heterocycles. The van der Waals surface area contributed by atoms with E-state index in [-0.39, 0.29) is 27.9 Å². The van der Waals surface area contributed by atoms with Gasteiger partial charge in [0.15, 0.2) is 0 Å². The number of hydrogen-bond donors (Lipinski definition) is 1. The molecule has 3 nitrogen and oxygen atoms in total. The molecule has 3 aromatic carbocycles. The van der Waals surface area contributed by atoms with E-state index in [9.17, 15) is 18.0 Å². The van der Waals surface area contributed by atoms with Gasteiger partial charge in [-0.2, -0.15) is 13.2 Å². The van der Waals surface area contributed by atoms with Crippen LogP contribution in [0.4, 0.5) is 13.2 Å². The zero-order valence-corrected chi connectivity index (χ0v) is 18.6. The van der Waals surface area contributed by atoms with Crippen LogP contribution in [0.2, 0.25) is 10.0 Å². The number of carbonyl (C=O) groups is 1. The molecular formula is C24H19Cl2F3N2O.